The summed E-state index contributed by atoms with van der Waals surface area (Å²) in [6.45, 7) is 1.09. The van der Waals surface area contributed by atoms with Gasteiger partial charge in [-0.25, -0.2) is 14.2 Å². The van der Waals surface area contributed by atoms with Gasteiger partial charge in [0, 0.05) is 37.2 Å². The second kappa shape index (κ2) is 6.36. The molecule has 4 rings (SSSR count). The third-order valence-electron chi connectivity index (χ3n) is 5.16. The standard InChI is InChI=1S/C18H18FN5O2/c19-14-4-2-8-21-15(14)24-9-5-12(6-10-24)18(13-3-1-7-20-11-13)16(25)22-17(26)23-18/h1-4,7-8,11-12H,5-6,9-10H2,(H2,22,23,25,26)/t18-/m0/s1. The van der Waals surface area contributed by atoms with Crippen LogP contribution in [0.1, 0.15) is 18.4 Å². The minimum atomic E-state index is -1.14. The number of hydrogen-bond donors (Lipinski definition) is 2. The van der Waals surface area contributed by atoms with E-state index in [-0.39, 0.29) is 17.6 Å². The third-order valence-corrected chi connectivity index (χ3v) is 5.16. The predicted octanol–water partition coefficient (Wildman–Crippen LogP) is 1.57. The van der Waals surface area contributed by atoms with Crippen LogP contribution in [-0.4, -0.2) is 35.0 Å². The van der Waals surface area contributed by atoms with Gasteiger partial charge in [-0.05, 0) is 37.0 Å². The molecule has 26 heavy (non-hydrogen) atoms. The molecule has 4 heterocycles. The molecule has 0 unspecified atom stereocenters. The fourth-order valence-electron chi connectivity index (χ4n) is 3.93. The van der Waals surface area contributed by atoms with Crippen LogP contribution in [0.25, 0.3) is 0 Å². The number of pyridine rings is 2. The molecule has 134 valence electrons. The van der Waals surface area contributed by atoms with Crippen molar-refractivity contribution >= 4 is 17.8 Å². The van der Waals surface area contributed by atoms with Crippen molar-refractivity contribution in [3.63, 3.8) is 0 Å². The van der Waals surface area contributed by atoms with Crippen molar-refractivity contribution in [3.8, 4) is 0 Å². The molecule has 1 atom stereocenters. The summed E-state index contributed by atoms with van der Waals surface area (Å²) >= 11 is 0. The Morgan fingerprint density at radius 2 is 1.92 bits per heavy atom. The fourth-order valence-corrected chi connectivity index (χ4v) is 3.93. The first-order valence-electron chi connectivity index (χ1n) is 8.51. The van der Waals surface area contributed by atoms with Crippen LogP contribution in [0, 0.1) is 11.7 Å². The molecular formula is C18H18FN5O2. The highest BCUT2D eigenvalue weighted by Crippen LogP contribution is 2.39. The minimum Gasteiger partial charge on any atom is -0.354 e. The summed E-state index contributed by atoms with van der Waals surface area (Å²) in [6.07, 6.45) is 6.01. The van der Waals surface area contributed by atoms with E-state index >= 15 is 0 Å². The van der Waals surface area contributed by atoms with E-state index < -0.39 is 11.6 Å². The summed E-state index contributed by atoms with van der Waals surface area (Å²) in [5, 5.41) is 5.17. The molecule has 0 radical (unpaired) electrons. The van der Waals surface area contributed by atoms with Crippen molar-refractivity contribution in [3.05, 3.63) is 54.2 Å². The number of halogens is 1. The smallest absolute Gasteiger partial charge is 0.322 e. The van der Waals surface area contributed by atoms with Crippen LogP contribution in [0.15, 0.2) is 42.9 Å². The average molecular weight is 355 g/mol. The molecule has 8 heteroatoms. The Kier molecular flexibility index (Phi) is 4.02. The zero-order valence-corrected chi connectivity index (χ0v) is 14.0. The van der Waals surface area contributed by atoms with Crippen LogP contribution < -0.4 is 15.5 Å². The largest absolute Gasteiger partial charge is 0.354 e. The number of carbonyl (C=O) groups excluding carboxylic acids is 2. The van der Waals surface area contributed by atoms with Gasteiger partial charge in [-0.15, -0.1) is 0 Å². The molecule has 0 bridgehead atoms. The second-order valence-corrected chi connectivity index (χ2v) is 6.53. The Labute approximate surface area is 149 Å². The molecule has 2 fully saturated rings. The first kappa shape index (κ1) is 16.4. The van der Waals surface area contributed by atoms with Gasteiger partial charge in [0.15, 0.2) is 17.2 Å². The number of imide groups is 1. The van der Waals surface area contributed by atoms with Crippen LogP contribution in [0.3, 0.4) is 0 Å². The Bertz CT molecular complexity index is 838. The molecule has 3 amide bonds. The predicted molar refractivity (Wildman–Crippen MR) is 91.7 cm³/mol. The highest BCUT2D eigenvalue weighted by atomic mass is 19.1. The normalized spacial score (nSPS) is 23.7. The number of rotatable bonds is 3. The topological polar surface area (TPSA) is 87.2 Å². The molecule has 2 aromatic heterocycles. The van der Waals surface area contributed by atoms with Crippen molar-refractivity contribution in [2.75, 3.05) is 18.0 Å². The molecule has 2 aliphatic rings. The molecule has 2 N–H and O–H groups in total. The molecule has 7 nitrogen and oxygen atoms in total. The van der Waals surface area contributed by atoms with Crippen LogP contribution in [0.5, 0.6) is 0 Å². The van der Waals surface area contributed by atoms with Gasteiger partial charge in [0.25, 0.3) is 5.91 Å². The van der Waals surface area contributed by atoms with E-state index in [0.29, 0.717) is 37.3 Å². The number of nitrogens with one attached hydrogen (secondary N) is 2. The molecule has 0 spiro atoms. The van der Waals surface area contributed by atoms with Crippen molar-refractivity contribution in [1.82, 2.24) is 20.6 Å². The van der Waals surface area contributed by atoms with Crippen LogP contribution in [-0.2, 0) is 10.3 Å². The van der Waals surface area contributed by atoms with Crippen molar-refractivity contribution in [1.29, 1.82) is 0 Å². The van der Waals surface area contributed by atoms with Crippen molar-refractivity contribution < 1.29 is 14.0 Å². The fraction of sp³-hybridized carbons (Fsp3) is 0.333. The van der Waals surface area contributed by atoms with E-state index in [2.05, 4.69) is 20.6 Å². The van der Waals surface area contributed by atoms with Crippen molar-refractivity contribution in [2.24, 2.45) is 5.92 Å². The molecule has 0 aliphatic carbocycles. The highest BCUT2D eigenvalue weighted by molar-refractivity contribution is 6.07. The van der Waals surface area contributed by atoms with Crippen LogP contribution in [0.4, 0.5) is 15.0 Å². The lowest BCUT2D eigenvalue weighted by Gasteiger charge is -2.41. The number of anilines is 1. The van der Waals surface area contributed by atoms with E-state index in [0.717, 1.165) is 0 Å². The summed E-state index contributed by atoms with van der Waals surface area (Å²) in [5.41, 5.74) is -0.481. The maximum Gasteiger partial charge on any atom is 0.322 e. The summed E-state index contributed by atoms with van der Waals surface area (Å²) in [6, 6.07) is 5.98. The Morgan fingerprint density at radius 3 is 2.54 bits per heavy atom. The van der Waals surface area contributed by atoms with Gasteiger partial charge >= 0.3 is 6.03 Å². The maximum absolute atomic E-state index is 14.0. The SMILES string of the molecule is O=C1NC(=O)[C@@](c2cccnc2)(C2CCN(c3ncccc3F)CC2)N1. The Hall–Kier alpha value is -3.03. The number of carbonyl (C=O) groups is 2. The lowest BCUT2D eigenvalue weighted by molar-refractivity contribution is -0.126. The number of amides is 3. The quantitative estimate of drug-likeness (QED) is 0.816. The molecule has 2 aromatic rings. The average Bonchev–Trinajstić information content (AvgIpc) is 2.98. The van der Waals surface area contributed by atoms with Gasteiger partial charge in [-0.1, -0.05) is 6.07 Å². The van der Waals surface area contributed by atoms with Crippen molar-refractivity contribution in [2.45, 2.75) is 18.4 Å². The molecular weight excluding hydrogens is 337 g/mol. The number of hydrogen-bond acceptors (Lipinski definition) is 5. The van der Waals surface area contributed by atoms with Gasteiger partial charge in [-0.3, -0.25) is 15.1 Å². The van der Waals surface area contributed by atoms with Crippen LogP contribution in [0.2, 0.25) is 0 Å². The molecule has 0 saturated carbocycles. The number of urea groups is 1. The lowest BCUT2D eigenvalue weighted by Crippen LogP contribution is -2.53. The lowest BCUT2D eigenvalue weighted by atomic mass is 9.73. The van der Waals surface area contributed by atoms with E-state index in [1.807, 2.05) is 4.90 Å². The van der Waals surface area contributed by atoms with E-state index in [1.165, 1.54) is 6.07 Å². The van der Waals surface area contributed by atoms with Gasteiger partial charge in [-0.2, -0.15) is 0 Å². The van der Waals surface area contributed by atoms with Gasteiger partial charge in [0.1, 0.15) is 0 Å². The zero-order chi connectivity index (χ0) is 18.1. The first-order chi connectivity index (χ1) is 12.6. The van der Waals surface area contributed by atoms with Gasteiger partial charge < -0.3 is 10.2 Å². The monoisotopic (exact) mass is 355 g/mol. The van der Waals surface area contributed by atoms with E-state index in [4.69, 9.17) is 0 Å². The summed E-state index contributed by atoms with van der Waals surface area (Å²) in [5.74, 6) is -0.528. The second-order valence-electron chi connectivity index (χ2n) is 6.53. The van der Waals surface area contributed by atoms with Gasteiger partial charge in [0.05, 0.1) is 0 Å². The van der Waals surface area contributed by atoms with Crippen LogP contribution >= 0.6 is 0 Å². The zero-order valence-electron chi connectivity index (χ0n) is 14.0. The number of piperidine rings is 1. The first-order valence-corrected chi connectivity index (χ1v) is 8.51. The minimum absolute atomic E-state index is 0.124. The van der Waals surface area contributed by atoms with E-state index in [1.54, 1.807) is 36.8 Å². The summed E-state index contributed by atoms with van der Waals surface area (Å²) in [4.78, 5) is 34.7. The Morgan fingerprint density at radius 1 is 1.15 bits per heavy atom. The molecule has 2 saturated heterocycles. The molecule has 0 aromatic carbocycles. The number of nitrogens with zero attached hydrogens (tertiary/aromatic N) is 3. The van der Waals surface area contributed by atoms with E-state index in [9.17, 15) is 14.0 Å². The highest BCUT2D eigenvalue weighted by Gasteiger charge is 2.53. The summed E-state index contributed by atoms with van der Waals surface area (Å²) < 4.78 is 14.0. The number of aromatic nitrogens is 2. The van der Waals surface area contributed by atoms with Gasteiger partial charge in [0.2, 0.25) is 0 Å². The third kappa shape index (κ3) is 2.58. The molecule has 2 aliphatic heterocycles. The Balaban J connectivity index is 1.61. The summed E-state index contributed by atoms with van der Waals surface area (Å²) in [7, 11) is 0. The maximum atomic E-state index is 14.0.